The zero-order valence-corrected chi connectivity index (χ0v) is 17.9. The molecule has 0 saturated heterocycles. The predicted octanol–water partition coefficient (Wildman–Crippen LogP) is 3.79. The SMILES string of the molecule is Cc1ccc(Cn2cc([C@@H](C)OC(=O)c3ccc(OC(C)(C)C(=O)O)cc3)nn2)cc1. The third kappa shape index (κ3) is 5.69. The molecule has 0 fully saturated rings. The standard InChI is InChI=1S/C23H25N3O5/c1-15-5-7-17(8-6-15)13-26-14-20(24-25-26)16(2)30-21(27)18-9-11-19(12-10-18)31-23(3,4)22(28)29/h5-12,14,16H,13H2,1-4H3,(H,28,29)/t16-/m1/s1. The number of benzene rings is 2. The van der Waals surface area contributed by atoms with Crippen LogP contribution in [0.3, 0.4) is 0 Å². The Hall–Kier alpha value is -3.68. The third-order valence-corrected chi connectivity index (χ3v) is 4.70. The Bertz CT molecular complexity index is 1060. The van der Waals surface area contributed by atoms with Gasteiger partial charge in [-0.1, -0.05) is 35.0 Å². The Balaban J connectivity index is 1.59. The third-order valence-electron chi connectivity index (χ3n) is 4.70. The van der Waals surface area contributed by atoms with E-state index in [1.165, 1.54) is 43.7 Å². The summed E-state index contributed by atoms with van der Waals surface area (Å²) in [7, 11) is 0. The molecule has 0 spiro atoms. The van der Waals surface area contributed by atoms with Crippen molar-refractivity contribution in [3.8, 4) is 5.75 Å². The highest BCUT2D eigenvalue weighted by Crippen LogP contribution is 2.21. The maximum atomic E-state index is 12.5. The molecule has 0 bridgehead atoms. The van der Waals surface area contributed by atoms with E-state index >= 15 is 0 Å². The summed E-state index contributed by atoms with van der Waals surface area (Å²) in [4.78, 5) is 23.6. The molecule has 0 amide bonds. The van der Waals surface area contributed by atoms with Crippen LogP contribution in [0, 0.1) is 6.92 Å². The summed E-state index contributed by atoms with van der Waals surface area (Å²) in [5.74, 6) is -1.26. The van der Waals surface area contributed by atoms with Crippen molar-refractivity contribution in [2.24, 2.45) is 0 Å². The minimum absolute atomic E-state index is 0.319. The first-order valence-electron chi connectivity index (χ1n) is 9.83. The minimum atomic E-state index is -1.37. The van der Waals surface area contributed by atoms with Crippen molar-refractivity contribution in [2.75, 3.05) is 0 Å². The maximum Gasteiger partial charge on any atom is 0.347 e. The number of rotatable bonds is 8. The zero-order chi connectivity index (χ0) is 22.6. The van der Waals surface area contributed by atoms with Crippen LogP contribution in [0.1, 0.15) is 54.1 Å². The Kier molecular flexibility index (Phi) is 6.39. The van der Waals surface area contributed by atoms with Crippen molar-refractivity contribution < 1.29 is 24.2 Å². The summed E-state index contributed by atoms with van der Waals surface area (Å²) in [6.45, 7) is 7.23. The fraction of sp³-hybridized carbons (Fsp3) is 0.304. The number of esters is 1. The van der Waals surface area contributed by atoms with E-state index in [9.17, 15) is 9.59 Å². The molecule has 0 aliphatic heterocycles. The average molecular weight is 423 g/mol. The lowest BCUT2D eigenvalue weighted by Gasteiger charge is -2.21. The van der Waals surface area contributed by atoms with Gasteiger partial charge in [-0.3, -0.25) is 0 Å². The second-order valence-electron chi connectivity index (χ2n) is 7.82. The number of hydrogen-bond donors (Lipinski definition) is 1. The second-order valence-corrected chi connectivity index (χ2v) is 7.82. The van der Waals surface area contributed by atoms with Crippen molar-refractivity contribution in [1.29, 1.82) is 0 Å². The molecule has 0 aliphatic rings. The van der Waals surface area contributed by atoms with Crippen LogP contribution in [0.15, 0.2) is 54.7 Å². The van der Waals surface area contributed by atoms with Gasteiger partial charge >= 0.3 is 11.9 Å². The number of hydrogen-bond acceptors (Lipinski definition) is 6. The number of carboxylic acid groups (broad SMARTS) is 1. The zero-order valence-electron chi connectivity index (χ0n) is 17.9. The quantitative estimate of drug-likeness (QED) is 0.550. The topological polar surface area (TPSA) is 104 Å². The highest BCUT2D eigenvalue weighted by atomic mass is 16.5. The van der Waals surface area contributed by atoms with Crippen LogP contribution in [-0.2, 0) is 16.1 Å². The van der Waals surface area contributed by atoms with Gasteiger partial charge in [0.2, 0.25) is 0 Å². The van der Waals surface area contributed by atoms with Crippen LogP contribution < -0.4 is 4.74 Å². The molecule has 1 aromatic heterocycles. The first-order chi connectivity index (χ1) is 14.6. The van der Waals surface area contributed by atoms with E-state index in [1.54, 1.807) is 17.8 Å². The molecular weight excluding hydrogens is 398 g/mol. The molecule has 8 nitrogen and oxygen atoms in total. The average Bonchev–Trinajstić information content (AvgIpc) is 3.18. The van der Waals surface area contributed by atoms with E-state index in [-0.39, 0.29) is 0 Å². The van der Waals surface area contributed by atoms with Gasteiger partial charge < -0.3 is 14.6 Å². The highest BCUT2D eigenvalue weighted by molar-refractivity contribution is 5.89. The number of carbonyl (C=O) groups is 2. The largest absolute Gasteiger partial charge is 0.478 e. The van der Waals surface area contributed by atoms with Crippen LogP contribution >= 0.6 is 0 Å². The lowest BCUT2D eigenvalue weighted by atomic mass is 10.1. The van der Waals surface area contributed by atoms with Gasteiger partial charge in [-0.25, -0.2) is 14.3 Å². The van der Waals surface area contributed by atoms with Crippen molar-refractivity contribution >= 4 is 11.9 Å². The molecule has 3 aromatic rings. The van der Waals surface area contributed by atoms with Gasteiger partial charge in [-0.05, 0) is 57.5 Å². The molecule has 1 N–H and O–H groups in total. The smallest absolute Gasteiger partial charge is 0.347 e. The molecule has 2 aromatic carbocycles. The Labute approximate surface area is 180 Å². The van der Waals surface area contributed by atoms with Crippen molar-refractivity contribution in [2.45, 2.75) is 45.9 Å². The normalized spacial score (nSPS) is 12.3. The summed E-state index contributed by atoms with van der Waals surface area (Å²) in [5, 5.41) is 17.3. The summed E-state index contributed by atoms with van der Waals surface area (Å²) in [6.07, 6.45) is 1.17. The lowest BCUT2D eigenvalue weighted by Crippen LogP contribution is -2.37. The molecule has 0 aliphatic carbocycles. The van der Waals surface area contributed by atoms with Gasteiger partial charge in [0.15, 0.2) is 5.60 Å². The molecule has 1 heterocycles. The monoisotopic (exact) mass is 423 g/mol. The van der Waals surface area contributed by atoms with Gasteiger partial charge in [-0.15, -0.1) is 5.10 Å². The highest BCUT2D eigenvalue weighted by Gasteiger charge is 2.29. The molecule has 31 heavy (non-hydrogen) atoms. The van der Waals surface area contributed by atoms with E-state index in [4.69, 9.17) is 14.6 Å². The molecule has 3 rings (SSSR count). The first kappa shape index (κ1) is 22.0. The van der Waals surface area contributed by atoms with E-state index in [0.29, 0.717) is 23.6 Å². The summed E-state index contributed by atoms with van der Waals surface area (Å²) >= 11 is 0. The van der Waals surface area contributed by atoms with Crippen LogP contribution in [0.4, 0.5) is 0 Å². The number of nitrogens with zero attached hydrogens (tertiary/aromatic N) is 3. The fourth-order valence-corrected chi connectivity index (χ4v) is 2.74. The molecule has 0 radical (unpaired) electrons. The summed E-state index contributed by atoms with van der Waals surface area (Å²) < 4.78 is 12.6. The summed E-state index contributed by atoms with van der Waals surface area (Å²) in [6, 6.07) is 14.3. The predicted molar refractivity (Wildman–Crippen MR) is 113 cm³/mol. The van der Waals surface area contributed by atoms with Crippen LogP contribution in [0.2, 0.25) is 0 Å². The van der Waals surface area contributed by atoms with Crippen molar-refractivity contribution in [3.63, 3.8) is 0 Å². The number of ether oxygens (including phenoxy) is 2. The molecule has 162 valence electrons. The number of aliphatic carboxylic acids is 1. The Morgan fingerprint density at radius 2 is 1.74 bits per heavy atom. The number of carboxylic acids is 1. The van der Waals surface area contributed by atoms with Crippen molar-refractivity contribution in [1.82, 2.24) is 15.0 Å². The lowest BCUT2D eigenvalue weighted by molar-refractivity contribution is -0.152. The van der Waals surface area contributed by atoms with Crippen LogP contribution in [-0.4, -0.2) is 37.6 Å². The molecule has 0 saturated carbocycles. The van der Waals surface area contributed by atoms with Gasteiger partial charge in [0, 0.05) is 0 Å². The number of carbonyl (C=O) groups excluding carboxylic acids is 1. The molecule has 0 unspecified atom stereocenters. The fourth-order valence-electron chi connectivity index (χ4n) is 2.74. The number of aromatic nitrogens is 3. The second kappa shape index (κ2) is 8.99. The Morgan fingerprint density at radius 1 is 1.10 bits per heavy atom. The van der Waals surface area contributed by atoms with Gasteiger partial charge in [-0.2, -0.15) is 0 Å². The molecular formula is C23H25N3O5. The van der Waals surface area contributed by atoms with Gasteiger partial charge in [0.1, 0.15) is 17.5 Å². The Morgan fingerprint density at radius 3 is 2.35 bits per heavy atom. The van der Waals surface area contributed by atoms with Crippen LogP contribution in [0.25, 0.3) is 0 Å². The number of aryl methyl sites for hydroxylation is 1. The molecule has 1 atom stereocenters. The van der Waals surface area contributed by atoms with E-state index in [0.717, 1.165) is 5.56 Å². The van der Waals surface area contributed by atoms with Gasteiger partial charge in [0.25, 0.3) is 0 Å². The summed E-state index contributed by atoms with van der Waals surface area (Å²) in [5.41, 5.74) is 1.78. The minimum Gasteiger partial charge on any atom is -0.478 e. The van der Waals surface area contributed by atoms with Gasteiger partial charge in [0.05, 0.1) is 18.3 Å². The van der Waals surface area contributed by atoms with E-state index < -0.39 is 23.6 Å². The maximum absolute atomic E-state index is 12.5. The van der Waals surface area contributed by atoms with Crippen molar-refractivity contribution in [3.05, 3.63) is 77.1 Å². The first-order valence-corrected chi connectivity index (χ1v) is 9.83. The molecule has 8 heteroatoms. The van der Waals surface area contributed by atoms with Crippen LogP contribution in [0.5, 0.6) is 5.75 Å². The van der Waals surface area contributed by atoms with E-state index in [1.807, 2.05) is 31.2 Å². The van der Waals surface area contributed by atoms with E-state index in [2.05, 4.69) is 10.3 Å².